The lowest BCUT2D eigenvalue weighted by Crippen LogP contribution is -2.07. The first-order valence-electron chi connectivity index (χ1n) is 5.27. The van der Waals surface area contributed by atoms with Crippen LogP contribution in [-0.2, 0) is 0 Å². The van der Waals surface area contributed by atoms with Crippen molar-refractivity contribution in [2.75, 3.05) is 0 Å². The van der Waals surface area contributed by atoms with Crippen LogP contribution in [-0.4, -0.2) is 5.78 Å². The van der Waals surface area contributed by atoms with Crippen LogP contribution >= 0.6 is 43.5 Å². The maximum absolute atomic E-state index is 12.2. The molecule has 2 rings (SSSR count). The highest BCUT2D eigenvalue weighted by molar-refractivity contribution is 9.10. The lowest BCUT2D eigenvalue weighted by Gasteiger charge is -2.09. The number of carbonyl (C=O) groups excluding carboxylic acids is 1. The summed E-state index contributed by atoms with van der Waals surface area (Å²) < 4.78 is 1.90. The van der Waals surface area contributed by atoms with E-state index in [4.69, 9.17) is 11.6 Å². The highest BCUT2D eigenvalue weighted by Gasteiger charge is 2.19. The van der Waals surface area contributed by atoms with Crippen molar-refractivity contribution in [1.29, 1.82) is 0 Å². The van der Waals surface area contributed by atoms with Gasteiger partial charge in [0.25, 0.3) is 0 Å². The Bertz CT molecular complexity index is 549. The zero-order valence-corrected chi connectivity index (χ0v) is 13.2. The average molecular weight is 388 g/mol. The predicted octanol–water partition coefficient (Wildman–Crippen LogP) is 5.37. The van der Waals surface area contributed by atoms with Crippen molar-refractivity contribution in [2.24, 2.45) is 0 Å². The Morgan fingerprint density at radius 2 is 1.33 bits per heavy atom. The molecule has 0 amide bonds. The van der Waals surface area contributed by atoms with Gasteiger partial charge in [0.15, 0.2) is 5.78 Å². The number of halogens is 3. The molecular formula is C14H9Br2ClO. The molecule has 0 fully saturated rings. The smallest absolute Gasteiger partial charge is 0.185 e. The van der Waals surface area contributed by atoms with Gasteiger partial charge in [0.2, 0.25) is 0 Å². The number of alkyl halides is 1. The van der Waals surface area contributed by atoms with Gasteiger partial charge in [-0.15, -0.1) is 11.6 Å². The molecule has 0 spiro atoms. The van der Waals surface area contributed by atoms with Crippen LogP contribution in [0.25, 0.3) is 0 Å². The third-order valence-corrected chi connectivity index (χ3v) is 4.03. The minimum absolute atomic E-state index is 0.0912. The van der Waals surface area contributed by atoms with Gasteiger partial charge in [-0.1, -0.05) is 56.1 Å². The largest absolute Gasteiger partial charge is 0.292 e. The third-order valence-electron chi connectivity index (χ3n) is 2.52. The number of benzene rings is 2. The monoisotopic (exact) mass is 386 g/mol. The maximum Gasteiger partial charge on any atom is 0.185 e. The van der Waals surface area contributed by atoms with Crippen LogP contribution in [0.5, 0.6) is 0 Å². The molecule has 0 radical (unpaired) electrons. The summed E-state index contributed by atoms with van der Waals surface area (Å²) in [6.07, 6.45) is 0. The molecule has 0 saturated carbocycles. The quantitative estimate of drug-likeness (QED) is 0.510. The lowest BCUT2D eigenvalue weighted by atomic mass is 10.0. The second kappa shape index (κ2) is 6.00. The van der Waals surface area contributed by atoms with Crippen LogP contribution in [0.3, 0.4) is 0 Å². The van der Waals surface area contributed by atoms with E-state index in [9.17, 15) is 4.79 Å². The number of ketones is 1. The molecule has 2 aromatic carbocycles. The Morgan fingerprint density at radius 3 is 1.83 bits per heavy atom. The highest BCUT2D eigenvalue weighted by atomic mass is 79.9. The van der Waals surface area contributed by atoms with Gasteiger partial charge in [0.1, 0.15) is 5.38 Å². The zero-order valence-electron chi connectivity index (χ0n) is 9.24. The zero-order chi connectivity index (χ0) is 13.1. The van der Waals surface area contributed by atoms with Crippen LogP contribution in [0.4, 0.5) is 0 Å². The first kappa shape index (κ1) is 13.8. The Morgan fingerprint density at radius 1 is 0.889 bits per heavy atom. The highest BCUT2D eigenvalue weighted by Crippen LogP contribution is 2.26. The Kier molecular flexibility index (Phi) is 4.60. The van der Waals surface area contributed by atoms with Gasteiger partial charge in [0.05, 0.1) is 0 Å². The van der Waals surface area contributed by atoms with Crippen molar-refractivity contribution in [1.82, 2.24) is 0 Å². The van der Waals surface area contributed by atoms with Gasteiger partial charge in [-0.2, -0.15) is 0 Å². The fraction of sp³-hybridized carbons (Fsp3) is 0.0714. The van der Waals surface area contributed by atoms with Crippen LogP contribution in [0.1, 0.15) is 21.3 Å². The predicted molar refractivity (Wildman–Crippen MR) is 81.2 cm³/mol. The molecule has 0 aromatic heterocycles. The van der Waals surface area contributed by atoms with Gasteiger partial charge in [-0.25, -0.2) is 0 Å². The summed E-state index contributed by atoms with van der Waals surface area (Å²) in [7, 11) is 0. The van der Waals surface area contributed by atoms with E-state index in [0.717, 1.165) is 14.5 Å². The van der Waals surface area contributed by atoms with E-state index in [1.807, 2.05) is 36.4 Å². The van der Waals surface area contributed by atoms with Crippen LogP contribution in [0, 0.1) is 0 Å². The van der Waals surface area contributed by atoms with Crippen molar-refractivity contribution in [3.63, 3.8) is 0 Å². The Hall–Kier alpha value is -0.640. The van der Waals surface area contributed by atoms with Crippen molar-refractivity contribution in [2.45, 2.75) is 5.38 Å². The van der Waals surface area contributed by atoms with Gasteiger partial charge < -0.3 is 0 Å². The van der Waals surface area contributed by atoms with Gasteiger partial charge in [-0.3, -0.25) is 4.79 Å². The molecule has 0 bridgehead atoms. The first-order valence-corrected chi connectivity index (χ1v) is 7.29. The van der Waals surface area contributed by atoms with E-state index in [-0.39, 0.29) is 5.78 Å². The second-order valence-corrected chi connectivity index (χ2v) is 6.05. The fourth-order valence-corrected chi connectivity index (χ4v) is 2.34. The molecule has 0 aliphatic rings. The Balaban J connectivity index is 2.23. The maximum atomic E-state index is 12.2. The topological polar surface area (TPSA) is 17.1 Å². The number of rotatable bonds is 3. The van der Waals surface area contributed by atoms with Gasteiger partial charge >= 0.3 is 0 Å². The molecule has 1 atom stereocenters. The summed E-state index contributed by atoms with van der Waals surface area (Å²) in [5.74, 6) is -0.0912. The van der Waals surface area contributed by atoms with Crippen molar-refractivity contribution in [3.8, 4) is 0 Å². The molecule has 1 nitrogen and oxygen atoms in total. The van der Waals surface area contributed by atoms with E-state index in [1.165, 1.54) is 0 Å². The SMILES string of the molecule is O=C(c1ccc(Br)cc1)C(Cl)c1ccc(Br)cc1. The summed E-state index contributed by atoms with van der Waals surface area (Å²) in [6.45, 7) is 0. The lowest BCUT2D eigenvalue weighted by molar-refractivity contribution is 0.0987. The van der Waals surface area contributed by atoms with E-state index in [1.54, 1.807) is 12.1 Å². The molecule has 0 aliphatic heterocycles. The molecule has 0 aliphatic carbocycles. The van der Waals surface area contributed by atoms with Crippen molar-refractivity contribution >= 4 is 49.2 Å². The number of hydrogen-bond donors (Lipinski definition) is 0. The van der Waals surface area contributed by atoms with Gasteiger partial charge in [-0.05, 0) is 29.8 Å². The molecule has 92 valence electrons. The van der Waals surface area contributed by atoms with Crippen LogP contribution in [0.15, 0.2) is 57.5 Å². The number of carbonyl (C=O) groups is 1. The summed E-state index contributed by atoms with van der Waals surface area (Å²) >= 11 is 12.9. The summed E-state index contributed by atoms with van der Waals surface area (Å²) in [4.78, 5) is 12.2. The van der Waals surface area contributed by atoms with Crippen molar-refractivity contribution in [3.05, 3.63) is 68.6 Å². The van der Waals surface area contributed by atoms with E-state index in [2.05, 4.69) is 31.9 Å². The molecule has 4 heteroatoms. The summed E-state index contributed by atoms with van der Waals surface area (Å²) in [6, 6.07) is 14.6. The second-order valence-electron chi connectivity index (χ2n) is 3.79. The number of hydrogen-bond acceptors (Lipinski definition) is 1. The molecule has 1 unspecified atom stereocenters. The van der Waals surface area contributed by atoms with Gasteiger partial charge in [0, 0.05) is 14.5 Å². The molecule has 0 saturated heterocycles. The van der Waals surface area contributed by atoms with E-state index >= 15 is 0 Å². The molecule has 2 aromatic rings. The van der Waals surface area contributed by atoms with Crippen LogP contribution in [0.2, 0.25) is 0 Å². The molecule has 0 N–H and O–H groups in total. The minimum Gasteiger partial charge on any atom is -0.292 e. The standard InChI is InChI=1S/C14H9Br2ClO/c15-11-5-1-9(2-6-11)13(17)14(18)10-3-7-12(16)8-4-10/h1-8,13H. The summed E-state index contributed by atoms with van der Waals surface area (Å²) in [5.41, 5.74) is 1.41. The van der Waals surface area contributed by atoms with E-state index < -0.39 is 5.38 Å². The molecule has 18 heavy (non-hydrogen) atoms. The van der Waals surface area contributed by atoms with Crippen molar-refractivity contribution < 1.29 is 4.79 Å². The average Bonchev–Trinajstić information content (AvgIpc) is 2.39. The summed E-state index contributed by atoms with van der Waals surface area (Å²) in [5, 5.41) is -0.653. The Labute approximate surface area is 127 Å². The molecule has 0 heterocycles. The first-order chi connectivity index (χ1) is 8.58. The van der Waals surface area contributed by atoms with E-state index in [0.29, 0.717) is 5.56 Å². The van der Waals surface area contributed by atoms with Crippen LogP contribution < -0.4 is 0 Å². The third kappa shape index (κ3) is 3.22. The minimum atomic E-state index is -0.653. The normalized spacial score (nSPS) is 12.2. The number of Topliss-reactive ketones (excluding diaryl/α,β-unsaturated/α-hetero) is 1. The molecular weight excluding hydrogens is 379 g/mol. The fourth-order valence-electron chi connectivity index (χ4n) is 1.54.